The van der Waals surface area contributed by atoms with Crippen molar-refractivity contribution in [2.24, 2.45) is 5.92 Å². The van der Waals surface area contributed by atoms with Crippen molar-refractivity contribution >= 4 is 17.9 Å². The first-order valence-corrected chi connectivity index (χ1v) is 13.3. The number of benzene rings is 3. The summed E-state index contributed by atoms with van der Waals surface area (Å²) in [4.78, 5) is 38.9. The highest BCUT2D eigenvalue weighted by Crippen LogP contribution is 2.10. The molecule has 0 bridgehead atoms. The highest BCUT2D eigenvalue weighted by atomic mass is 16.5. The van der Waals surface area contributed by atoms with Gasteiger partial charge in [0.25, 0.3) is 0 Å². The van der Waals surface area contributed by atoms with Crippen LogP contribution in [0.2, 0.25) is 0 Å². The van der Waals surface area contributed by atoms with Gasteiger partial charge in [0.2, 0.25) is 11.8 Å². The highest BCUT2D eigenvalue weighted by molar-refractivity contribution is 5.91. The Kier molecular flexibility index (Phi) is 12.0. The third kappa shape index (κ3) is 10.4. The van der Waals surface area contributed by atoms with Gasteiger partial charge in [0.15, 0.2) is 0 Å². The van der Waals surface area contributed by atoms with Gasteiger partial charge < -0.3 is 30.5 Å². The topological polar surface area (TPSA) is 126 Å². The summed E-state index contributed by atoms with van der Waals surface area (Å²) in [6.07, 6.45) is -1.47. The van der Waals surface area contributed by atoms with Crippen LogP contribution in [0.5, 0.6) is 5.75 Å². The number of amides is 3. The van der Waals surface area contributed by atoms with Crippen molar-refractivity contribution in [3.63, 3.8) is 0 Å². The molecule has 0 aromatic heterocycles. The van der Waals surface area contributed by atoms with E-state index in [0.29, 0.717) is 5.75 Å². The van der Waals surface area contributed by atoms with Gasteiger partial charge in [-0.3, -0.25) is 9.59 Å². The van der Waals surface area contributed by atoms with Crippen LogP contribution in [-0.4, -0.2) is 54.4 Å². The summed E-state index contributed by atoms with van der Waals surface area (Å²) in [7, 11) is 0. The van der Waals surface area contributed by atoms with Gasteiger partial charge in [0.05, 0.1) is 0 Å². The molecule has 40 heavy (non-hydrogen) atoms. The number of alkyl carbamates (subject to hydrolysis) is 1. The standard InChI is InChI=1S/C31H37N3O6/c1-22(2)28(34-31(38)40-20-24-14-8-4-9-15-24)30(37)33-27(18-23-12-6-3-7-13-23)29(36)32-19-25(35)21-39-26-16-10-5-11-17-26/h3-17,22,25,27-28,35H,18-21H2,1-2H3,(H,32,36)(H,33,37)(H,34,38)/t25?,27-,28-/m0/s1. The largest absolute Gasteiger partial charge is 0.491 e. The van der Waals surface area contributed by atoms with Crippen LogP contribution in [0.15, 0.2) is 91.0 Å². The van der Waals surface area contributed by atoms with Gasteiger partial charge >= 0.3 is 6.09 Å². The van der Waals surface area contributed by atoms with E-state index in [-0.39, 0.29) is 32.1 Å². The van der Waals surface area contributed by atoms with Gasteiger partial charge in [-0.2, -0.15) is 0 Å². The maximum Gasteiger partial charge on any atom is 0.408 e. The van der Waals surface area contributed by atoms with E-state index in [1.54, 1.807) is 26.0 Å². The van der Waals surface area contributed by atoms with E-state index in [4.69, 9.17) is 9.47 Å². The predicted molar refractivity (Wildman–Crippen MR) is 151 cm³/mol. The average molecular weight is 548 g/mol. The van der Waals surface area contributed by atoms with E-state index >= 15 is 0 Å². The number of carbonyl (C=O) groups is 3. The zero-order valence-corrected chi connectivity index (χ0v) is 22.8. The van der Waals surface area contributed by atoms with Crippen LogP contribution >= 0.6 is 0 Å². The fourth-order valence-electron chi connectivity index (χ4n) is 3.86. The fourth-order valence-corrected chi connectivity index (χ4v) is 3.86. The number of hydrogen-bond donors (Lipinski definition) is 4. The van der Waals surface area contributed by atoms with Crippen LogP contribution in [-0.2, 0) is 27.4 Å². The van der Waals surface area contributed by atoms with Gasteiger partial charge in [-0.1, -0.05) is 92.7 Å². The summed E-state index contributed by atoms with van der Waals surface area (Å²) in [6.45, 7) is 3.57. The first-order chi connectivity index (χ1) is 19.3. The maximum atomic E-state index is 13.3. The minimum absolute atomic E-state index is 0.00948. The van der Waals surface area contributed by atoms with Gasteiger partial charge in [0.1, 0.15) is 37.2 Å². The molecule has 0 aliphatic rings. The number of aliphatic hydroxyl groups excluding tert-OH is 1. The van der Waals surface area contributed by atoms with Crippen molar-refractivity contribution in [1.29, 1.82) is 0 Å². The molecule has 212 valence electrons. The number of para-hydroxylation sites is 1. The molecule has 3 aromatic carbocycles. The Morgan fingerprint density at radius 1 is 0.775 bits per heavy atom. The molecule has 0 spiro atoms. The minimum Gasteiger partial charge on any atom is -0.491 e. The average Bonchev–Trinajstić information content (AvgIpc) is 2.97. The van der Waals surface area contributed by atoms with Crippen LogP contribution < -0.4 is 20.7 Å². The number of rotatable bonds is 14. The van der Waals surface area contributed by atoms with Crippen LogP contribution in [0.1, 0.15) is 25.0 Å². The zero-order valence-electron chi connectivity index (χ0n) is 22.8. The van der Waals surface area contributed by atoms with Crippen LogP contribution in [0.4, 0.5) is 4.79 Å². The first kappa shape index (κ1) is 30.2. The highest BCUT2D eigenvalue weighted by Gasteiger charge is 2.29. The van der Waals surface area contributed by atoms with Crippen molar-refractivity contribution in [2.45, 2.75) is 45.1 Å². The summed E-state index contributed by atoms with van der Waals surface area (Å²) in [5.74, 6) is -0.654. The molecule has 0 aliphatic carbocycles. The lowest BCUT2D eigenvalue weighted by Crippen LogP contribution is -2.56. The lowest BCUT2D eigenvalue weighted by molar-refractivity contribution is -0.130. The molecule has 0 radical (unpaired) electrons. The SMILES string of the molecule is CC(C)[C@H](NC(=O)OCc1ccccc1)C(=O)N[C@@H](Cc1ccccc1)C(=O)NCC(O)COc1ccccc1. The maximum absolute atomic E-state index is 13.3. The molecular formula is C31H37N3O6. The van der Waals surface area contributed by atoms with E-state index in [2.05, 4.69) is 16.0 Å². The van der Waals surface area contributed by atoms with Crippen molar-refractivity contribution in [3.8, 4) is 5.75 Å². The van der Waals surface area contributed by atoms with Crippen LogP contribution in [0, 0.1) is 5.92 Å². The van der Waals surface area contributed by atoms with E-state index in [0.717, 1.165) is 11.1 Å². The molecule has 0 fully saturated rings. The van der Waals surface area contributed by atoms with Gasteiger partial charge in [-0.25, -0.2) is 4.79 Å². The fraction of sp³-hybridized carbons (Fsp3) is 0.323. The number of hydrogen-bond acceptors (Lipinski definition) is 6. The molecule has 0 heterocycles. The molecule has 4 N–H and O–H groups in total. The van der Waals surface area contributed by atoms with E-state index in [1.807, 2.05) is 78.9 Å². The molecule has 0 saturated heterocycles. The predicted octanol–water partition coefficient (Wildman–Crippen LogP) is 3.22. The molecule has 3 aromatic rings. The zero-order chi connectivity index (χ0) is 28.7. The van der Waals surface area contributed by atoms with Gasteiger partial charge in [0, 0.05) is 13.0 Å². The molecular weight excluding hydrogens is 510 g/mol. The third-order valence-electron chi connectivity index (χ3n) is 6.05. The lowest BCUT2D eigenvalue weighted by atomic mass is 10.0. The van der Waals surface area contributed by atoms with Crippen molar-refractivity contribution < 1.29 is 29.0 Å². The Morgan fingerprint density at radius 3 is 1.95 bits per heavy atom. The monoisotopic (exact) mass is 547 g/mol. The number of nitrogens with one attached hydrogen (secondary N) is 3. The molecule has 9 heteroatoms. The molecule has 3 atom stereocenters. The second-order valence-electron chi connectivity index (χ2n) is 9.70. The number of aliphatic hydroxyl groups is 1. The Morgan fingerprint density at radius 2 is 1.35 bits per heavy atom. The van der Waals surface area contributed by atoms with Crippen LogP contribution in [0.25, 0.3) is 0 Å². The number of carbonyl (C=O) groups excluding carboxylic acids is 3. The summed E-state index contributed by atoms with van der Waals surface area (Å²) >= 11 is 0. The van der Waals surface area contributed by atoms with Gasteiger partial charge in [-0.05, 0) is 29.2 Å². The Bertz CT molecular complexity index is 1190. The molecule has 9 nitrogen and oxygen atoms in total. The van der Waals surface area contributed by atoms with Crippen LogP contribution in [0.3, 0.4) is 0 Å². The Balaban J connectivity index is 1.59. The summed E-state index contributed by atoms with van der Waals surface area (Å²) < 4.78 is 10.8. The lowest BCUT2D eigenvalue weighted by Gasteiger charge is -2.25. The third-order valence-corrected chi connectivity index (χ3v) is 6.05. The molecule has 1 unspecified atom stereocenters. The first-order valence-electron chi connectivity index (χ1n) is 13.3. The molecule has 3 amide bonds. The van der Waals surface area contributed by atoms with Crippen molar-refractivity contribution in [3.05, 3.63) is 102 Å². The summed E-state index contributed by atoms with van der Waals surface area (Å²) in [5.41, 5.74) is 1.66. The Hall–Kier alpha value is -4.37. The van der Waals surface area contributed by atoms with E-state index in [1.165, 1.54) is 0 Å². The van der Waals surface area contributed by atoms with Crippen molar-refractivity contribution in [1.82, 2.24) is 16.0 Å². The summed E-state index contributed by atoms with van der Waals surface area (Å²) in [6, 6.07) is 25.6. The van der Waals surface area contributed by atoms with E-state index in [9.17, 15) is 19.5 Å². The number of ether oxygens (including phenoxy) is 2. The van der Waals surface area contributed by atoms with Gasteiger partial charge in [-0.15, -0.1) is 0 Å². The smallest absolute Gasteiger partial charge is 0.408 e. The Labute approximate surface area is 234 Å². The normalized spacial score (nSPS) is 13.0. The second-order valence-corrected chi connectivity index (χ2v) is 9.70. The van der Waals surface area contributed by atoms with Crippen molar-refractivity contribution in [2.75, 3.05) is 13.2 Å². The van der Waals surface area contributed by atoms with E-state index < -0.39 is 36.1 Å². The second kappa shape index (κ2) is 15.9. The molecule has 0 aliphatic heterocycles. The molecule has 3 rings (SSSR count). The minimum atomic E-state index is -0.957. The summed E-state index contributed by atoms with van der Waals surface area (Å²) in [5, 5.41) is 18.4. The quantitative estimate of drug-likeness (QED) is 0.246. The molecule has 0 saturated carbocycles.